The van der Waals surface area contributed by atoms with E-state index in [4.69, 9.17) is 0 Å². The summed E-state index contributed by atoms with van der Waals surface area (Å²) in [5, 5.41) is 6.38. The van der Waals surface area contributed by atoms with Gasteiger partial charge in [0.05, 0.1) is 0 Å². The second-order valence-corrected chi connectivity index (χ2v) is 5.79. The fourth-order valence-corrected chi connectivity index (χ4v) is 2.49. The minimum Gasteiger partial charge on any atom is -0.353 e. The number of hydrogen-bond donors (Lipinski definition) is 2. The summed E-state index contributed by atoms with van der Waals surface area (Å²) in [6, 6.07) is 0.290. The molecule has 1 saturated heterocycles. The van der Waals surface area contributed by atoms with Gasteiger partial charge in [0.25, 0.3) is 0 Å². The summed E-state index contributed by atoms with van der Waals surface area (Å²) in [5.74, 6) is 0.899. The highest BCUT2D eigenvalue weighted by molar-refractivity contribution is 5.85. The van der Waals surface area contributed by atoms with Gasteiger partial charge in [-0.25, -0.2) is 0 Å². The molecule has 0 saturated carbocycles. The smallest absolute Gasteiger partial charge is 0.223 e. The summed E-state index contributed by atoms with van der Waals surface area (Å²) < 4.78 is 0. The highest BCUT2D eigenvalue weighted by atomic mass is 35.5. The Bertz CT molecular complexity index is 272. The zero-order valence-electron chi connectivity index (χ0n) is 13.9. The summed E-state index contributed by atoms with van der Waals surface area (Å²) in [5.41, 5.74) is 0. The van der Waals surface area contributed by atoms with Gasteiger partial charge in [0.15, 0.2) is 0 Å². The van der Waals surface area contributed by atoms with E-state index in [-0.39, 0.29) is 36.6 Å². The van der Waals surface area contributed by atoms with Crippen LogP contribution in [0.4, 0.5) is 0 Å². The van der Waals surface area contributed by atoms with Crippen LogP contribution in [-0.4, -0.2) is 49.6 Å². The number of nitrogens with zero attached hydrogens (tertiary/aromatic N) is 1. The molecule has 1 fully saturated rings. The molecule has 0 aromatic carbocycles. The number of halogens is 2. The maximum Gasteiger partial charge on any atom is 0.223 e. The SMILES string of the molecule is CCN(CC)CCCC(C)NC(=O)C(C)C1CNC1.Cl.Cl. The first-order valence-corrected chi connectivity index (χ1v) is 7.81. The van der Waals surface area contributed by atoms with Gasteiger partial charge in [-0.3, -0.25) is 4.79 Å². The van der Waals surface area contributed by atoms with Crippen LogP contribution in [0.5, 0.6) is 0 Å². The lowest BCUT2D eigenvalue weighted by Crippen LogP contribution is -2.50. The van der Waals surface area contributed by atoms with Gasteiger partial charge in [0.2, 0.25) is 5.91 Å². The first kappa shape index (κ1) is 23.2. The van der Waals surface area contributed by atoms with Crippen molar-refractivity contribution >= 4 is 30.7 Å². The third kappa shape index (κ3) is 8.24. The molecule has 0 aromatic heterocycles. The van der Waals surface area contributed by atoms with Gasteiger partial charge in [0.1, 0.15) is 0 Å². The van der Waals surface area contributed by atoms with Crippen molar-refractivity contribution in [3.05, 3.63) is 0 Å². The summed E-state index contributed by atoms with van der Waals surface area (Å²) in [7, 11) is 0. The molecule has 4 nitrogen and oxygen atoms in total. The fraction of sp³-hybridized carbons (Fsp3) is 0.933. The van der Waals surface area contributed by atoms with Crippen molar-refractivity contribution in [3.63, 3.8) is 0 Å². The van der Waals surface area contributed by atoms with Crippen LogP contribution >= 0.6 is 24.8 Å². The molecular weight excluding hydrogens is 309 g/mol. The van der Waals surface area contributed by atoms with Crippen molar-refractivity contribution in [3.8, 4) is 0 Å². The number of nitrogens with one attached hydrogen (secondary N) is 2. The normalized spacial score (nSPS) is 17.2. The number of hydrogen-bond acceptors (Lipinski definition) is 3. The largest absolute Gasteiger partial charge is 0.353 e. The van der Waals surface area contributed by atoms with Crippen LogP contribution in [0.15, 0.2) is 0 Å². The van der Waals surface area contributed by atoms with Crippen molar-refractivity contribution in [2.75, 3.05) is 32.7 Å². The van der Waals surface area contributed by atoms with E-state index in [1.165, 1.54) is 0 Å². The zero-order chi connectivity index (χ0) is 14.3. The first-order chi connectivity index (χ1) is 9.08. The average Bonchev–Trinajstić information content (AvgIpc) is 2.32. The maximum atomic E-state index is 12.0. The third-order valence-electron chi connectivity index (χ3n) is 4.33. The standard InChI is InChI=1S/C15H31N3O.2ClH/c1-5-18(6-2)9-7-8-12(3)17-15(19)13(4)14-10-16-11-14;;/h12-14,16H,5-11H2,1-4H3,(H,17,19);2*1H. The van der Waals surface area contributed by atoms with E-state index in [0.29, 0.717) is 12.0 Å². The van der Waals surface area contributed by atoms with Crippen LogP contribution in [0.3, 0.4) is 0 Å². The molecule has 6 heteroatoms. The average molecular weight is 342 g/mol. The second kappa shape index (κ2) is 12.5. The Hall–Kier alpha value is -0.0300. The molecule has 2 atom stereocenters. The minimum absolute atomic E-state index is 0. The predicted molar refractivity (Wildman–Crippen MR) is 94.6 cm³/mol. The van der Waals surface area contributed by atoms with Crippen LogP contribution < -0.4 is 10.6 Å². The molecule has 128 valence electrons. The van der Waals surface area contributed by atoms with E-state index in [2.05, 4.69) is 36.3 Å². The van der Waals surface area contributed by atoms with E-state index in [1.54, 1.807) is 0 Å². The third-order valence-corrected chi connectivity index (χ3v) is 4.33. The van der Waals surface area contributed by atoms with E-state index in [9.17, 15) is 4.79 Å². The van der Waals surface area contributed by atoms with Crippen molar-refractivity contribution in [1.82, 2.24) is 15.5 Å². The van der Waals surface area contributed by atoms with E-state index in [0.717, 1.165) is 45.6 Å². The molecular formula is C15H33Cl2N3O. The lowest BCUT2D eigenvalue weighted by atomic mass is 9.88. The lowest BCUT2D eigenvalue weighted by Gasteiger charge is -2.32. The fourth-order valence-electron chi connectivity index (χ4n) is 2.49. The van der Waals surface area contributed by atoms with Gasteiger partial charge in [-0.2, -0.15) is 0 Å². The van der Waals surface area contributed by atoms with Crippen LogP contribution in [-0.2, 0) is 4.79 Å². The van der Waals surface area contributed by atoms with E-state index in [1.807, 2.05) is 6.92 Å². The highest BCUT2D eigenvalue weighted by Gasteiger charge is 2.29. The topological polar surface area (TPSA) is 44.4 Å². The summed E-state index contributed by atoms with van der Waals surface area (Å²) in [6.45, 7) is 13.9. The Morgan fingerprint density at radius 1 is 1.24 bits per heavy atom. The highest BCUT2D eigenvalue weighted by Crippen LogP contribution is 2.16. The Balaban J connectivity index is 0. The van der Waals surface area contributed by atoms with Gasteiger partial charge in [0, 0.05) is 12.0 Å². The lowest BCUT2D eigenvalue weighted by molar-refractivity contribution is -0.127. The maximum absolute atomic E-state index is 12.0. The van der Waals surface area contributed by atoms with E-state index < -0.39 is 0 Å². The quantitative estimate of drug-likeness (QED) is 0.676. The molecule has 1 heterocycles. The summed E-state index contributed by atoms with van der Waals surface area (Å²) >= 11 is 0. The number of carbonyl (C=O) groups is 1. The Labute approximate surface area is 142 Å². The molecule has 2 unspecified atom stereocenters. The van der Waals surface area contributed by atoms with Crippen LogP contribution in [0.25, 0.3) is 0 Å². The first-order valence-electron chi connectivity index (χ1n) is 7.81. The molecule has 0 aromatic rings. The molecule has 0 aliphatic carbocycles. The molecule has 0 spiro atoms. The van der Waals surface area contributed by atoms with Crippen molar-refractivity contribution in [2.24, 2.45) is 11.8 Å². The molecule has 2 N–H and O–H groups in total. The van der Waals surface area contributed by atoms with Gasteiger partial charge >= 0.3 is 0 Å². The molecule has 1 aliphatic heterocycles. The zero-order valence-corrected chi connectivity index (χ0v) is 15.5. The van der Waals surface area contributed by atoms with E-state index >= 15 is 0 Å². The molecule has 1 aliphatic rings. The monoisotopic (exact) mass is 341 g/mol. The molecule has 0 bridgehead atoms. The van der Waals surface area contributed by atoms with Crippen LogP contribution in [0.1, 0.15) is 40.5 Å². The van der Waals surface area contributed by atoms with Gasteiger partial charge in [-0.05, 0) is 58.4 Å². The number of rotatable bonds is 9. The van der Waals surface area contributed by atoms with Crippen LogP contribution in [0, 0.1) is 11.8 Å². The molecule has 21 heavy (non-hydrogen) atoms. The van der Waals surface area contributed by atoms with Gasteiger partial charge in [-0.1, -0.05) is 20.8 Å². The van der Waals surface area contributed by atoms with Crippen LogP contribution in [0.2, 0.25) is 0 Å². The van der Waals surface area contributed by atoms with Crippen molar-refractivity contribution in [1.29, 1.82) is 0 Å². The van der Waals surface area contributed by atoms with Crippen molar-refractivity contribution in [2.45, 2.75) is 46.6 Å². The Morgan fingerprint density at radius 3 is 2.24 bits per heavy atom. The van der Waals surface area contributed by atoms with Crippen molar-refractivity contribution < 1.29 is 4.79 Å². The Morgan fingerprint density at radius 2 is 1.81 bits per heavy atom. The van der Waals surface area contributed by atoms with Gasteiger partial charge in [-0.15, -0.1) is 24.8 Å². The summed E-state index contributed by atoms with van der Waals surface area (Å²) in [6.07, 6.45) is 2.22. The molecule has 1 amide bonds. The second-order valence-electron chi connectivity index (χ2n) is 5.79. The minimum atomic E-state index is 0. The van der Waals surface area contributed by atoms with Gasteiger partial charge < -0.3 is 15.5 Å². The summed E-state index contributed by atoms with van der Waals surface area (Å²) in [4.78, 5) is 14.5. The number of carbonyl (C=O) groups excluding carboxylic acids is 1. The number of amides is 1. The molecule has 1 rings (SSSR count). The predicted octanol–water partition coefficient (Wildman–Crippen LogP) is 2.31. The Kier molecular flexibility index (Phi) is 13.8. The molecule has 0 radical (unpaired) electrons.